The fraction of sp³-hybridized carbons (Fsp3) is 0.500. The summed E-state index contributed by atoms with van der Waals surface area (Å²) in [6, 6.07) is 3.26. The molecule has 0 fully saturated rings. The van der Waals surface area contributed by atoms with E-state index in [1.54, 1.807) is 22.9 Å². The van der Waals surface area contributed by atoms with Crippen LogP contribution in [0.2, 0.25) is 0 Å². The normalized spacial score (nSPS) is 10.4. The van der Waals surface area contributed by atoms with Gasteiger partial charge in [-0.25, -0.2) is 4.79 Å². The lowest BCUT2D eigenvalue weighted by molar-refractivity contribution is -0.108. The van der Waals surface area contributed by atoms with Crippen molar-refractivity contribution in [3.63, 3.8) is 0 Å². The van der Waals surface area contributed by atoms with Crippen LogP contribution in [0.4, 0.5) is 4.79 Å². The van der Waals surface area contributed by atoms with Crippen molar-refractivity contribution in [2.75, 3.05) is 13.6 Å². The molecule has 0 bridgehead atoms. The second-order valence-corrected chi connectivity index (χ2v) is 4.77. The molecule has 0 saturated carbocycles. The minimum atomic E-state index is -0.300. The number of nitrogens with one attached hydrogen (secondary N) is 1. The van der Waals surface area contributed by atoms with Gasteiger partial charge in [0.2, 0.25) is 0 Å². The molecule has 0 aliphatic heterocycles. The summed E-state index contributed by atoms with van der Waals surface area (Å²) in [6.07, 6.45) is 2.73. The van der Waals surface area contributed by atoms with Gasteiger partial charge in [0.1, 0.15) is 6.29 Å². The zero-order chi connectivity index (χ0) is 15.1. The molecule has 2 amide bonds. The molecule has 0 spiro atoms. The van der Waals surface area contributed by atoms with E-state index in [2.05, 4.69) is 5.32 Å². The van der Waals surface area contributed by atoms with Crippen molar-refractivity contribution in [1.29, 1.82) is 0 Å². The van der Waals surface area contributed by atoms with Crippen LogP contribution in [0.1, 0.15) is 31.9 Å². The number of carbonyl (C=O) groups excluding carboxylic acids is 2. The molecule has 0 atom stereocenters. The lowest BCUT2D eigenvalue weighted by Gasteiger charge is -2.21. The molecule has 0 aromatic carbocycles. The predicted octanol–water partition coefficient (Wildman–Crippen LogP) is 1.16. The number of hydrogen-bond donors (Lipinski definition) is 1. The topological polar surface area (TPSA) is 71.4 Å². The van der Waals surface area contributed by atoms with E-state index in [-0.39, 0.29) is 30.6 Å². The molecule has 1 aromatic heterocycles. The highest BCUT2D eigenvalue weighted by Gasteiger charge is 2.15. The predicted molar refractivity (Wildman–Crippen MR) is 76.6 cm³/mol. The fourth-order valence-electron chi connectivity index (χ4n) is 1.91. The molecule has 6 heteroatoms. The molecule has 1 aromatic rings. The summed E-state index contributed by atoms with van der Waals surface area (Å²) in [7, 11) is 1.52. The van der Waals surface area contributed by atoms with E-state index >= 15 is 0 Å². The molecule has 0 saturated heterocycles. The second-order valence-electron chi connectivity index (χ2n) is 4.77. The smallest absolute Gasteiger partial charge is 0.317 e. The molecule has 0 aliphatic carbocycles. The maximum absolute atomic E-state index is 12.3. The first-order valence-electron chi connectivity index (χ1n) is 6.61. The van der Waals surface area contributed by atoms with Crippen LogP contribution in [-0.4, -0.2) is 35.4 Å². The Kier molecular flexibility index (Phi) is 5.96. The summed E-state index contributed by atoms with van der Waals surface area (Å²) in [5.74, 6) is 0. The number of amides is 2. The highest BCUT2D eigenvalue weighted by molar-refractivity contribution is 5.74. The van der Waals surface area contributed by atoms with Gasteiger partial charge in [-0.15, -0.1) is 0 Å². The maximum atomic E-state index is 12.3. The van der Waals surface area contributed by atoms with Gasteiger partial charge in [0.15, 0.2) is 0 Å². The Morgan fingerprint density at radius 2 is 2.20 bits per heavy atom. The minimum absolute atomic E-state index is 0.0610. The van der Waals surface area contributed by atoms with Crippen molar-refractivity contribution in [3.05, 3.63) is 34.2 Å². The molecular weight excluding hydrogens is 258 g/mol. The van der Waals surface area contributed by atoms with Crippen molar-refractivity contribution in [2.45, 2.75) is 32.9 Å². The Morgan fingerprint density at radius 1 is 1.50 bits per heavy atom. The molecule has 110 valence electrons. The van der Waals surface area contributed by atoms with E-state index in [4.69, 9.17) is 0 Å². The first kappa shape index (κ1) is 15.9. The summed E-state index contributed by atoms with van der Waals surface area (Å²) in [6.45, 7) is 4.33. The van der Waals surface area contributed by atoms with Gasteiger partial charge in [-0.05, 0) is 19.9 Å². The Morgan fingerprint density at radius 3 is 2.75 bits per heavy atom. The third-order valence-corrected chi connectivity index (χ3v) is 2.99. The van der Waals surface area contributed by atoms with Crippen LogP contribution in [0.5, 0.6) is 0 Å². The van der Waals surface area contributed by atoms with Gasteiger partial charge in [0.25, 0.3) is 5.56 Å². The molecular formula is C14H21N3O3. The maximum Gasteiger partial charge on any atom is 0.317 e. The molecule has 0 aliphatic rings. The van der Waals surface area contributed by atoms with E-state index in [1.165, 1.54) is 11.9 Å². The first-order valence-corrected chi connectivity index (χ1v) is 6.61. The SMILES string of the molecule is CNC(=O)N(CCC=O)Cc1cccn(C(C)C)c1=O. The fourth-order valence-corrected chi connectivity index (χ4v) is 1.91. The number of hydrogen-bond acceptors (Lipinski definition) is 3. The molecule has 0 unspecified atom stereocenters. The monoisotopic (exact) mass is 279 g/mol. The van der Waals surface area contributed by atoms with Crippen molar-refractivity contribution >= 4 is 12.3 Å². The average Bonchev–Trinajstić information content (AvgIpc) is 2.43. The molecule has 20 heavy (non-hydrogen) atoms. The van der Waals surface area contributed by atoms with E-state index in [0.29, 0.717) is 12.1 Å². The number of rotatable bonds is 6. The summed E-state index contributed by atoms with van der Waals surface area (Å²) in [5.41, 5.74) is 0.429. The number of nitrogens with zero attached hydrogens (tertiary/aromatic N) is 2. The van der Waals surface area contributed by atoms with E-state index < -0.39 is 0 Å². The summed E-state index contributed by atoms with van der Waals surface area (Å²) in [5, 5.41) is 2.51. The number of carbonyl (C=O) groups is 2. The number of urea groups is 1. The third-order valence-electron chi connectivity index (χ3n) is 2.99. The highest BCUT2D eigenvalue weighted by atomic mass is 16.2. The van der Waals surface area contributed by atoms with Gasteiger partial charge in [-0.3, -0.25) is 4.79 Å². The van der Waals surface area contributed by atoms with Crippen molar-refractivity contribution < 1.29 is 9.59 Å². The standard InChI is InChI=1S/C14H21N3O3/c1-11(2)17-8-4-6-12(13(17)19)10-16(7-5-9-18)14(20)15-3/h4,6,8-9,11H,5,7,10H2,1-3H3,(H,15,20). The lowest BCUT2D eigenvalue weighted by atomic mass is 10.2. The van der Waals surface area contributed by atoms with E-state index in [1.807, 2.05) is 13.8 Å². The van der Waals surface area contributed by atoms with Gasteiger partial charge in [0.05, 0.1) is 6.54 Å². The lowest BCUT2D eigenvalue weighted by Crippen LogP contribution is -2.40. The van der Waals surface area contributed by atoms with Gasteiger partial charge in [-0.2, -0.15) is 0 Å². The van der Waals surface area contributed by atoms with Crippen molar-refractivity contribution in [3.8, 4) is 0 Å². The minimum Gasteiger partial charge on any atom is -0.341 e. The third kappa shape index (κ3) is 3.94. The summed E-state index contributed by atoms with van der Waals surface area (Å²) in [4.78, 5) is 35.9. The molecule has 1 N–H and O–H groups in total. The van der Waals surface area contributed by atoms with Crippen molar-refractivity contribution in [2.24, 2.45) is 0 Å². The largest absolute Gasteiger partial charge is 0.341 e. The quantitative estimate of drug-likeness (QED) is 0.794. The average molecular weight is 279 g/mol. The van der Waals surface area contributed by atoms with Gasteiger partial charge < -0.3 is 19.6 Å². The highest BCUT2D eigenvalue weighted by Crippen LogP contribution is 2.04. The first-order chi connectivity index (χ1) is 9.51. The Labute approximate surface area is 118 Å². The number of aldehydes is 1. The second kappa shape index (κ2) is 7.47. The number of pyridine rings is 1. The Hall–Kier alpha value is -2.11. The van der Waals surface area contributed by atoms with Crippen LogP contribution in [0.15, 0.2) is 23.1 Å². The van der Waals surface area contributed by atoms with Gasteiger partial charge >= 0.3 is 6.03 Å². The van der Waals surface area contributed by atoms with Gasteiger partial charge in [0, 0.05) is 37.8 Å². The Balaban J connectivity index is 2.99. The molecule has 0 radical (unpaired) electrons. The zero-order valence-electron chi connectivity index (χ0n) is 12.1. The van der Waals surface area contributed by atoms with Crippen LogP contribution in [-0.2, 0) is 11.3 Å². The Bertz CT molecular complexity index is 523. The van der Waals surface area contributed by atoms with Crippen LogP contribution >= 0.6 is 0 Å². The molecule has 6 nitrogen and oxygen atoms in total. The van der Waals surface area contributed by atoms with Gasteiger partial charge in [-0.1, -0.05) is 6.07 Å². The summed E-state index contributed by atoms with van der Waals surface area (Å²) >= 11 is 0. The van der Waals surface area contributed by atoms with Crippen LogP contribution in [0.3, 0.4) is 0 Å². The van der Waals surface area contributed by atoms with Crippen LogP contribution in [0.25, 0.3) is 0 Å². The van der Waals surface area contributed by atoms with E-state index in [0.717, 1.165) is 6.29 Å². The molecule has 1 heterocycles. The van der Waals surface area contributed by atoms with Crippen molar-refractivity contribution in [1.82, 2.24) is 14.8 Å². The summed E-state index contributed by atoms with van der Waals surface area (Å²) < 4.78 is 1.62. The zero-order valence-corrected chi connectivity index (χ0v) is 12.1. The van der Waals surface area contributed by atoms with Crippen LogP contribution in [0, 0.1) is 0 Å². The van der Waals surface area contributed by atoms with Crippen LogP contribution < -0.4 is 10.9 Å². The molecule has 1 rings (SSSR count). The van der Waals surface area contributed by atoms with E-state index in [9.17, 15) is 14.4 Å². The number of aromatic nitrogens is 1.